The predicted octanol–water partition coefficient (Wildman–Crippen LogP) is 2.05. The Bertz CT molecular complexity index is 549. The number of esters is 2. The van der Waals surface area contributed by atoms with Crippen molar-refractivity contribution in [3.05, 3.63) is 24.3 Å². The van der Waals surface area contributed by atoms with Crippen LogP contribution in [0.15, 0.2) is 24.3 Å². The van der Waals surface area contributed by atoms with Gasteiger partial charge in [0.1, 0.15) is 13.2 Å². The van der Waals surface area contributed by atoms with Crippen LogP contribution >= 0.6 is 0 Å². The number of ether oxygens (including phenoxy) is 2. The molecule has 10 heteroatoms. The Morgan fingerprint density at radius 3 is 1.16 bits per heavy atom. The van der Waals surface area contributed by atoms with Gasteiger partial charge in [0.25, 0.3) is 0 Å². The first-order valence-corrected chi connectivity index (χ1v) is 10.1. The second-order valence-electron chi connectivity index (χ2n) is 7.43. The number of aliphatic carboxylic acids is 2. The topological polar surface area (TPSA) is 134 Å². The SMILES string of the molecule is C=C(C)C(=O)OCCN(C)C.C=C(C)C(=O)OCCN(C)C.O=C(O)CCCCC(=O)O. The van der Waals surface area contributed by atoms with Crippen molar-refractivity contribution in [3.63, 3.8) is 0 Å². The summed E-state index contributed by atoms with van der Waals surface area (Å²) in [6.45, 7) is 12.6. The third-order valence-corrected chi connectivity index (χ3v) is 3.27. The van der Waals surface area contributed by atoms with Crippen LogP contribution in [0, 0.1) is 0 Å². The summed E-state index contributed by atoms with van der Waals surface area (Å²) in [5.41, 5.74) is 0.896. The summed E-state index contributed by atoms with van der Waals surface area (Å²) in [6, 6.07) is 0. The van der Waals surface area contributed by atoms with Gasteiger partial charge in [0.05, 0.1) is 0 Å². The van der Waals surface area contributed by atoms with Crippen LogP contribution in [-0.2, 0) is 28.7 Å². The van der Waals surface area contributed by atoms with E-state index in [-0.39, 0.29) is 24.8 Å². The summed E-state index contributed by atoms with van der Waals surface area (Å²) in [7, 11) is 7.70. The van der Waals surface area contributed by atoms with E-state index >= 15 is 0 Å². The molecule has 0 rings (SSSR count). The molecule has 0 radical (unpaired) electrons. The molecule has 32 heavy (non-hydrogen) atoms. The lowest BCUT2D eigenvalue weighted by Crippen LogP contribution is -2.20. The molecule has 0 aromatic carbocycles. The highest BCUT2D eigenvalue weighted by Crippen LogP contribution is 1.98. The zero-order valence-corrected chi connectivity index (χ0v) is 20.3. The molecule has 0 saturated heterocycles. The molecule has 0 unspecified atom stereocenters. The van der Waals surface area contributed by atoms with Crippen molar-refractivity contribution < 1.29 is 38.9 Å². The summed E-state index contributed by atoms with van der Waals surface area (Å²) < 4.78 is 9.67. The Kier molecular flexibility index (Phi) is 22.8. The molecule has 0 aromatic heterocycles. The van der Waals surface area contributed by atoms with Crippen LogP contribution in [0.1, 0.15) is 39.5 Å². The van der Waals surface area contributed by atoms with Gasteiger partial charge in [-0.3, -0.25) is 9.59 Å². The van der Waals surface area contributed by atoms with Gasteiger partial charge in [-0.05, 0) is 54.9 Å². The highest BCUT2D eigenvalue weighted by Gasteiger charge is 2.02. The quantitative estimate of drug-likeness (QED) is 0.239. The lowest BCUT2D eigenvalue weighted by atomic mass is 10.2. The largest absolute Gasteiger partial charge is 0.481 e. The molecule has 0 aliphatic carbocycles. The maximum Gasteiger partial charge on any atom is 0.333 e. The zero-order valence-electron chi connectivity index (χ0n) is 20.3. The summed E-state index contributed by atoms with van der Waals surface area (Å²) in [6.07, 6.45) is 1.02. The summed E-state index contributed by atoms with van der Waals surface area (Å²) in [4.78, 5) is 45.3. The molecule has 0 aliphatic heterocycles. The molecule has 0 saturated carbocycles. The standard InChI is InChI=1S/2C8H15NO2.C6H10O4/c2*1-7(2)8(10)11-6-5-9(3)4;7-5(8)3-1-2-4-6(9)10/h2*1,5-6H2,2-4H3;1-4H2,(H,7,8)(H,9,10). The second-order valence-corrected chi connectivity index (χ2v) is 7.43. The molecular weight excluding hydrogens is 420 g/mol. The van der Waals surface area contributed by atoms with E-state index in [0.29, 0.717) is 37.2 Å². The minimum Gasteiger partial charge on any atom is -0.481 e. The van der Waals surface area contributed by atoms with Crippen molar-refractivity contribution >= 4 is 23.9 Å². The number of carbonyl (C=O) groups excluding carboxylic acids is 2. The summed E-state index contributed by atoms with van der Waals surface area (Å²) >= 11 is 0. The van der Waals surface area contributed by atoms with Crippen LogP contribution in [0.2, 0.25) is 0 Å². The molecule has 0 amide bonds. The van der Waals surface area contributed by atoms with Crippen LogP contribution in [-0.4, -0.2) is 98.4 Å². The molecule has 10 nitrogen and oxygen atoms in total. The normalized spacial score (nSPS) is 9.62. The first kappa shape index (κ1) is 33.9. The first-order valence-electron chi connectivity index (χ1n) is 10.1. The monoisotopic (exact) mass is 460 g/mol. The second kappa shape index (κ2) is 21.5. The van der Waals surface area contributed by atoms with E-state index in [0.717, 1.165) is 13.1 Å². The molecule has 0 aliphatic rings. The van der Waals surface area contributed by atoms with Gasteiger partial charge < -0.3 is 29.5 Å². The maximum absolute atomic E-state index is 10.8. The number of hydrogen-bond acceptors (Lipinski definition) is 8. The van der Waals surface area contributed by atoms with E-state index in [2.05, 4.69) is 13.2 Å². The summed E-state index contributed by atoms with van der Waals surface area (Å²) in [5.74, 6) is -2.37. The molecule has 0 aromatic rings. The fraction of sp³-hybridized carbons (Fsp3) is 0.636. The number of nitrogens with zero attached hydrogens (tertiary/aromatic N) is 2. The molecule has 186 valence electrons. The van der Waals surface area contributed by atoms with Crippen LogP contribution in [0.4, 0.5) is 0 Å². The van der Waals surface area contributed by atoms with Crippen molar-refractivity contribution in [1.82, 2.24) is 9.80 Å². The molecule has 0 fully saturated rings. The van der Waals surface area contributed by atoms with Gasteiger partial charge in [0.15, 0.2) is 0 Å². The Labute approximate surface area is 191 Å². The molecule has 0 heterocycles. The number of likely N-dealkylation sites (N-methyl/N-ethyl adjacent to an activating group) is 2. The number of hydrogen-bond donors (Lipinski definition) is 2. The molecule has 2 N–H and O–H groups in total. The van der Waals surface area contributed by atoms with Gasteiger partial charge in [-0.15, -0.1) is 0 Å². The number of rotatable bonds is 13. The molecular formula is C22H40N2O8. The first-order chi connectivity index (χ1) is 14.7. The number of carboxylic acids is 2. The van der Waals surface area contributed by atoms with Crippen LogP contribution in [0.25, 0.3) is 0 Å². The third kappa shape index (κ3) is 32.0. The smallest absolute Gasteiger partial charge is 0.333 e. The van der Waals surface area contributed by atoms with Crippen LogP contribution in [0.3, 0.4) is 0 Å². The van der Waals surface area contributed by atoms with E-state index in [1.165, 1.54) is 0 Å². The average Bonchev–Trinajstić information content (AvgIpc) is 2.65. The molecule has 0 atom stereocenters. The molecule has 0 bridgehead atoms. The summed E-state index contributed by atoms with van der Waals surface area (Å²) in [5, 5.41) is 16.3. The fourth-order valence-electron chi connectivity index (χ4n) is 1.44. The highest BCUT2D eigenvalue weighted by molar-refractivity contribution is 5.87. The van der Waals surface area contributed by atoms with E-state index in [4.69, 9.17) is 19.7 Å². The van der Waals surface area contributed by atoms with E-state index in [1.807, 2.05) is 38.0 Å². The van der Waals surface area contributed by atoms with Crippen molar-refractivity contribution in [3.8, 4) is 0 Å². The van der Waals surface area contributed by atoms with Crippen molar-refractivity contribution in [2.45, 2.75) is 39.5 Å². The zero-order chi connectivity index (χ0) is 25.7. The third-order valence-electron chi connectivity index (χ3n) is 3.27. The van der Waals surface area contributed by atoms with Gasteiger partial charge in [0.2, 0.25) is 0 Å². The van der Waals surface area contributed by atoms with Crippen LogP contribution in [0.5, 0.6) is 0 Å². The Balaban J connectivity index is -0.000000395. The molecule has 0 spiro atoms. The number of carbonyl (C=O) groups is 4. The van der Waals surface area contributed by atoms with E-state index in [1.54, 1.807) is 13.8 Å². The van der Waals surface area contributed by atoms with E-state index in [9.17, 15) is 19.2 Å². The van der Waals surface area contributed by atoms with Crippen molar-refractivity contribution in [2.75, 3.05) is 54.5 Å². The Morgan fingerprint density at radius 2 is 0.969 bits per heavy atom. The average molecular weight is 461 g/mol. The van der Waals surface area contributed by atoms with Crippen molar-refractivity contribution in [1.29, 1.82) is 0 Å². The highest BCUT2D eigenvalue weighted by atomic mass is 16.5. The minimum atomic E-state index is -0.870. The predicted molar refractivity (Wildman–Crippen MR) is 122 cm³/mol. The lowest BCUT2D eigenvalue weighted by Gasteiger charge is -2.09. The van der Waals surface area contributed by atoms with Gasteiger partial charge in [-0.2, -0.15) is 0 Å². The number of carboxylic acid groups (broad SMARTS) is 2. The van der Waals surface area contributed by atoms with E-state index < -0.39 is 11.9 Å². The minimum absolute atomic E-state index is 0.0628. The Morgan fingerprint density at radius 1 is 0.688 bits per heavy atom. The fourth-order valence-corrected chi connectivity index (χ4v) is 1.44. The van der Waals surface area contributed by atoms with Gasteiger partial charge in [0, 0.05) is 37.1 Å². The lowest BCUT2D eigenvalue weighted by molar-refractivity contribution is -0.140. The van der Waals surface area contributed by atoms with Gasteiger partial charge in [-0.1, -0.05) is 13.2 Å². The van der Waals surface area contributed by atoms with Gasteiger partial charge >= 0.3 is 23.9 Å². The Hall–Kier alpha value is -2.72. The van der Waals surface area contributed by atoms with Crippen molar-refractivity contribution in [2.24, 2.45) is 0 Å². The number of unbranched alkanes of at least 4 members (excludes halogenated alkanes) is 1. The maximum atomic E-state index is 10.8. The van der Waals surface area contributed by atoms with Gasteiger partial charge in [-0.25, -0.2) is 9.59 Å². The van der Waals surface area contributed by atoms with Crippen LogP contribution < -0.4 is 0 Å².